The minimum absolute atomic E-state index is 0.0628. The maximum absolute atomic E-state index is 12.7. The Hall–Kier alpha value is 0.110. The number of carbonyl (C=O) groups is 1. The number of carbonyl (C=O) groups excluding carboxylic acids is 1. The molecule has 1 unspecified atom stereocenters. The van der Waals surface area contributed by atoms with E-state index in [1.165, 1.54) is 25.7 Å². The number of Topliss-reactive ketones (excluding diaryl/α,β-unsaturated/α-hetero) is 1. The molecule has 0 spiro atoms. The first-order valence-corrected chi connectivity index (χ1v) is 10.1. The molecule has 4 rings (SSSR count). The van der Waals surface area contributed by atoms with Crippen molar-refractivity contribution in [2.45, 2.75) is 76.1 Å². The van der Waals surface area contributed by atoms with Crippen LogP contribution in [0.25, 0.3) is 0 Å². The van der Waals surface area contributed by atoms with Gasteiger partial charge in [0.2, 0.25) is 0 Å². The lowest BCUT2D eigenvalue weighted by molar-refractivity contribution is -0.142. The van der Waals surface area contributed by atoms with Crippen LogP contribution < -0.4 is 0 Å². The van der Waals surface area contributed by atoms with Gasteiger partial charge in [-0.15, -0.1) is 0 Å². The number of rotatable bonds is 0. The SMILES string of the molecule is C[C@]12CC[C@H](O)CC1CC[C@@H]1[C@@H]2CC[C@]2(C)C(=O)[C@@H](Br)C[C@@H]12. The molecule has 0 aromatic heterocycles. The van der Waals surface area contributed by atoms with E-state index in [1.54, 1.807) is 0 Å². The molecule has 0 radical (unpaired) electrons. The summed E-state index contributed by atoms with van der Waals surface area (Å²) in [6.07, 6.45) is 9.04. The number of fused-ring (bicyclic) bond motifs is 5. The van der Waals surface area contributed by atoms with Gasteiger partial charge in [-0.2, -0.15) is 0 Å². The van der Waals surface area contributed by atoms with Crippen molar-refractivity contribution in [1.82, 2.24) is 0 Å². The molecule has 8 atom stereocenters. The summed E-state index contributed by atoms with van der Waals surface area (Å²) in [6, 6.07) is 0. The first-order valence-electron chi connectivity index (χ1n) is 9.23. The largest absolute Gasteiger partial charge is 0.393 e. The number of halogens is 1. The minimum Gasteiger partial charge on any atom is -0.393 e. The average Bonchev–Trinajstić information content (AvgIpc) is 2.72. The Bertz CT molecular complexity index is 492. The van der Waals surface area contributed by atoms with Crippen molar-refractivity contribution in [1.29, 1.82) is 0 Å². The number of alkyl halides is 1. The van der Waals surface area contributed by atoms with Crippen LogP contribution in [0.15, 0.2) is 0 Å². The van der Waals surface area contributed by atoms with Gasteiger partial charge >= 0.3 is 0 Å². The van der Waals surface area contributed by atoms with E-state index >= 15 is 0 Å². The molecule has 0 heterocycles. The van der Waals surface area contributed by atoms with Gasteiger partial charge in [0.05, 0.1) is 10.9 Å². The van der Waals surface area contributed by atoms with Crippen molar-refractivity contribution in [3.05, 3.63) is 0 Å². The van der Waals surface area contributed by atoms with Crippen LogP contribution in [0.2, 0.25) is 0 Å². The van der Waals surface area contributed by atoms with Crippen molar-refractivity contribution in [3.63, 3.8) is 0 Å². The fourth-order valence-corrected chi connectivity index (χ4v) is 7.91. The molecule has 2 nitrogen and oxygen atoms in total. The number of hydrogen-bond donors (Lipinski definition) is 1. The van der Waals surface area contributed by atoms with E-state index < -0.39 is 0 Å². The van der Waals surface area contributed by atoms with Crippen LogP contribution in [0.3, 0.4) is 0 Å². The predicted octanol–water partition coefficient (Wildman–Crippen LogP) is 4.33. The Kier molecular flexibility index (Phi) is 3.59. The zero-order valence-electron chi connectivity index (χ0n) is 13.9. The lowest BCUT2D eigenvalue weighted by Gasteiger charge is -2.60. The normalized spacial score (nSPS) is 57.9. The Morgan fingerprint density at radius 1 is 1.05 bits per heavy atom. The molecule has 4 aliphatic rings. The van der Waals surface area contributed by atoms with Crippen molar-refractivity contribution in [2.75, 3.05) is 0 Å². The summed E-state index contributed by atoms with van der Waals surface area (Å²) in [5.74, 6) is 3.29. The van der Waals surface area contributed by atoms with E-state index in [2.05, 4.69) is 29.8 Å². The number of aliphatic hydroxyl groups excluding tert-OH is 1. The highest BCUT2D eigenvalue weighted by Crippen LogP contribution is 2.65. The summed E-state index contributed by atoms with van der Waals surface area (Å²) in [6.45, 7) is 4.75. The lowest BCUT2D eigenvalue weighted by atomic mass is 9.45. The highest BCUT2D eigenvalue weighted by atomic mass is 79.9. The van der Waals surface area contributed by atoms with Crippen molar-refractivity contribution in [2.24, 2.45) is 34.5 Å². The second kappa shape index (κ2) is 5.05. The van der Waals surface area contributed by atoms with E-state index in [0.717, 1.165) is 37.5 Å². The molecule has 3 heteroatoms. The number of ketones is 1. The van der Waals surface area contributed by atoms with Gasteiger partial charge in [-0.1, -0.05) is 29.8 Å². The first-order chi connectivity index (χ1) is 10.4. The van der Waals surface area contributed by atoms with Gasteiger partial charge in [-0.3, -0.25) is 4.79 Å². The monoisotopic (exact) mass is 368 g/mol. The Balaban J connectivity index is 1.64. The van der Waals surface area contributed by atoms with Crippen LogP contribution in [0.1, 0.15) is 65.2 Å². The minimum atomic E-state index is -0.0662. The second-order valence-corrected chi connectivity index (χ2v) is 10.2. The topological polar surface area (TPSA) is 37.3 Å². The van der Waals surface area contributed by atoms with E-state index in [-0.39, 0.29) is 16.3 Å². The van der Waals surface area contributed by atoms with Gasteiger partial charge < -0.3 is 5.11 Å². The molecule has 0 aliphatic heterocycles. The molecular weight excluding hydrogens is 340 g/mol. The van der Waals surface area contributed by atoms with Crippen molar-refractivity contribution in [3.8, 4) is 0 Å². The summed E-state index contributed by atoms with van der Waals surface area (Å²) in [5.41, 5.74) is 0.351. The van der Waals surface area contributed by atoms with Crippen molar-refractivity contribution >= 4 is 21.7 Å². The summed E-state index contributed by atoms with van der Waals surface area (Å²) in [7, 11) is 0. The predicted molar refractivity (Wildman–Crippen MR) is 90.8 cm³/mol. The summed E-state index contributed by atoms with van der Waals surface area (Å²) >= 11 is 3.65. The van der Waals surface area contributed by atoms with Crippen LogP contribution in [-0.4, -0.2) is 21.8 Å². The third kappa shape index (κ3) is 1.97. The molecule has 0 saturated heterocycles. The van der Waals surface area contributed by atoms with E-state index in [4.69, 9.17) is 0 Å². The van der Waals surface area contributed by atoms with Gasteiger partial charge in [0.1, 0.15) is 0 Å². The fraction of sp³-hybridized carbons (Fsp3) is 0.947. The van der Waals surface area contributed by atoms with Crippen molar-refractivity contribution < 1.29 is 9.90 Å². The van der Waals surface area contributed by atoms with Gasteiger partial charge in [0.25, 0.3) is 0 Å². The molecule has 22 heavy (non-hydrogen) atoms. The molecule has 4 fully saturated rings. The highest BCUT2D eigenvalue weighted by molar-refractivity contribution is 9.10. The van der Waals surface area contributed by atoms with E-state index in [0.29, 0.717) is 23.0 Å². The van der Waals surface area contributed by atoms with Gasteiger partial charge in [0.15, 0.2) is 5.78 Å². The lowest BCUT2D eigenvalue weighted by Crippen LogP contribution is -2.54. The third-order valence-electron chi connectivity index (χ3n) is 8.34. The molecule has 4 aliphatic carbocycles. The van der Waals surface area contributed by atoms with Gasteiger partial charge in [0, 0.05) is 5.41 Å². The molecule has 0 aromatic rings. The molecule has 0 aromatic carbocycles. The van der Waals surface area contributed by atoms with Crippen LogP contribution in [0, 0.1) is 34.5 Å². The zero-order valence-corrected chi connectivity index (χ0v) is 15.4. The Morgan fingerprint density at radius 2 is 1.82 bits per heavy atom. The molecule has 0 amide bonds. The smallest absolute Gasteiger partial charge is 0.152 e. The summed E-state index contributed by atoms with van der Waals surface area (Å²) < 4.78 is 0. The molecular formula is C19H29BrO2. The average molecular weight is 369 g/mol. The molecule has 1 N–H and O–H groups in total. The van der Waals surface area contributed by atoms with Crippen LogP contribution in [0.4, 0.5) is 0 Å². The maximum Gasteiger partial charge on any atom is 0.152 e. The number of aliphatic hydroxyl groups is 1. The number of hydrogen-bond acceptors (Lipinski definition) is 2. The first kappa shape index (κ1) is 15.6. The maximum atomic E-state index is 12.7. The Morgan fingerprint density at radius 3 is 2.59 bits per heavy atom. The third-order valence-corrected chi connectivity index (χ3v) is 9.13. The summed E-state index contributed by atoms with van der Waals surface area (Å²) in [4.78, 5) is 12.8. The quantitative estimate of drug-likeness (QED) is 0.646. The standard InChI is InChI=1S/C19H29BrO2/c1-18-7-5-12(21)9-11(18)3-4-13-14(18)6-8-19(2)15(13)10-16(20)17(19)22/h11-16,21H,3-10H2,1-2H3/t11?,12-,13+,14-,15-,16-,18-,19-/m0/s1. The van der Waals surface area contributed by atoms with Crippen LogP contribution >= 0.6 is 15.9 Å². The van der Waals surface area contributed by atoms with E-state index in [9.17, 15) is 9.90 Å². The second-order valence-electron chi connectivity index (χ2n) is 9.11. The van der Waals surface area contributed by atoms with Gasteiger partial charge in [-0.25, -0.2) is 0 Å². The molecule has 124 valence electrons. The van der Waals surface area contributed by atoms with E-state index in [1.807, 2.05) is 0 Å². The molecule has 4 saturated carbocycles. The van der Waals surface area contributed by atoms with Crippen LogP contribution in [0.5, 0.6) is 0 Å². The Labute approximate surface area is 142 Å². The highest BCUT2D eigenvalue weighted by Gasteiger charge is 2.61. The van der Waals surface area contributed by atoms with Gasteiger partial charge in [-0.05, 0) is 80.5 Å². The summed E-state index contributed by atoms with van der Waals surface area (Å²) in [5, 5.41) is 10.1. The zero-order chi connectivity index (χ0) is 15.7. The van der Waals surface area contributed by atoms with Crippen LogP contribution in [-0.2, 0) is 4.79 Å². The molecule has 0 bridgehead atoms. The fourth-order valence-electron chi connectivity index (χ4n) is 6.98.